The molecule has 2 unspecified atom stereocenters. The van der Waals surface area contributed by atoms with Crippen LogP contribution in [-0.4, -0.2) is 12.6 Å². The first-order chi connectivity index (χ1) is 7.70. The van der Waals surface area contributed by atoms with Crippen molar-refractivity contribution in [3.8, 4) is 0 Å². The summed E-state index contributed by atoms with van der Waals surface area (Å²) in [4.78, 5) is 0. The summed E-state index contributed by atoms with van der Waals surface area (Å²) in [5.41, 5.74) is 0.977. The van der Waals surface area contributed by atoms with Crippen LogP contribution in [0.25, 0.3) is 0 Å². The van der Waals surface area contributed by atoms with Crippen LogP contribution in [0.1, 0.15) is 31.7 Å². The molecule has 16 heavy (non-hydrogen) atoms. The van der Waals surface area contributed by atoms with Crippen molar-refractivity contribution in [3.63, 3.8) is 0 Å². The monoisotopic (exact) mass is 219 g/mol. The molecule has 1 N–H and O–H groups in total. The van der Waals surface area contributed by atoms with E-state index in [1.165, 1.54) is 12.8 Å². The average Bonchev–Trinajstić information content (AvgIpc) is 3.14. The second-order valence-electron chi connectivity index (χ2n) is 5.48. The Bertz CT molecular complexity index is 399. The van der Waals surface area contributed by atoms with Gasteiger partial charge >= 0.3 is 0 Å². The Hall–Kier alpha value is -0.890. The molecule has 2 aliphatic rings. The maximum absolute atomic E-state index is 13.7. The maximum Gasteiger partial charge on any atom is 0.126 e. The van der Waals surface area contributed by atoms with Crippen molar-refractivity contribution in [1.29, 1.82) is 0 Å². The van der Waals surface area contributed by atoms with Gasteiger partial charge in [0.2, 0.25) is 0 Å². The van der Waals surface area contributed by atoms with E-state index in [1.807, 2.05) is 12.1 Å². The van der Waals surface area contributed by atoms with Crippen molar-refractivity contribution >= 4 is 0 Å². The lowest BCUT2D eigenvalue weighted by Gasteiger charge is -2.13. The van der Waals surface area contributed by atoms with E-state index >= 15 is 0 Å². The first kappa shape index (κ1) is 10.3. The third-order valence-electron chi connectivity index (χ3n) is 4.13. The molecule has 2 atom stereocenters. The van der Waals surface area contributed by atoms with Gasteiger partial charge in [-0.2, -0.15) is 0 Å². The molecule has 2 heteroatoms. The molecule has 86 valence electrons. The maximum atomic E-state index is 13.7. The highest BCUT2D eigenvalue weighted by molar-refractivity contribution is 5.33. The lowest BCUT2D eigenvalue weighted by Crippen LogP contribution is -2.22. The Morgan fingerprint density at radius 1 is 1.38 bits per heavy atom. The molecular weight excluding hydrogens is 201 g/mol. The summed E-state index contributed by atoms with van der Waals surface area (Å²) in [6.07, 6.45) is 3.76. The lowest BCUT2D eigenvalue weighted by molar-refractivity contribution is 0.540. The quantitative estimate of drug-likeness (QED) is 0.821. The van der Waals surface area contributed by atoms with Crippen LogP contribution < -0.4 is 5.32 Å². The normalized spacial score (nSPS) is 32.8. The van der Waals surface area contributed by atoms with E-state index in [2.05, 4.69) is 12.2 Å². The molecule has 0 aromatic heterocycles. The van der Waals surface area contributed by atoms with Crippen LogP contribution in [0.5, 0.6) is 0 Å². The number of rotatable bonds is 4. The number of hydrogen-bond donors (Lipinski definition) is 1. The molecule has 2 aliphatic carbocycles. The van der Waals surface area contributed by atoms with E-state index in [1.54, 1.807) is 12.1 Å². The highest BCUT2D eigenvalue weighted by Gasteiger charge is 2.52. The summed E-state index contributed by atoms with van der Waals surface area (Å²) >= 11 is 0. The molecule has 2 saturated carbocycles. The first-order valence-corrected chi connectivity index (χ1v) is 6.18. The predicted octanol–water partition coefficient (Wildman–Crippen LogP) is 2.86. The van der Waals surface area contributed by atoms with Crippen LogP contribution in [-0.2, 0) is 5.41 Å². The van der Waals surface area contributed by atoms with Gasteiger partial charge in [0, 0.05) is 6.04 Å². The van der Waals surface area contributed by atoms with Crippen LogP contribution in [0.4, 0.5) is 4.39 Å². The molecule has 0 heterocycles. The van der Waals surface area contributed by atoms with E-state index < -0.39 is 0 Å². The van der Waals surface area contributed by atoms with E-state index in [9.17, 15) is 4.39 Å². The Labute approximate surface area is 96.1 Å². The topological polar surface area (TPSA) is 12.0 Å². The molecule has 0 spiro atoms. The van der Waals surface area contributed by atoms with Crippen molar-refractivity contribution in [2.75, 3.05) is 6.54 Å². The highest BCUT2D eigenvalue weighted by Crippen LogP contribution is 2.54. The zero-order valence-electron chi connectivity index (χ0n) is 9.67. The Kier molecular flexibility index (Phi) is 2.28. The third-order valence-corrected chi connectivity index (χ3v) is 4.13. The lowest BCUT2D eigenvalue weighted by atomic mass is 9.95. The largest absolute Gasteiger partial charge is 0.314 e. The van der Waals surface area contributed by atoms with Crippen LogP contribution in [0.2, 0.25) is 0 Å². The summed E-state index contributed by atoms with van der Waals surface area (Å²) in [5.74, 6) is 0.573. The van der Waals surface area contributed by atoms with Gasteiger partial charge in [-0.15, -0.1) is 0 Å². The fraction of sp³-hybridized carbons (Fsp3) is 0.571. The van der Waals surface area contributed by atoms with Crippen LogP contribution >= 0.6 is 0 Å². The van der Waals surface area contributed by atoms with Gasteiger partial charge in [-0.05, 0) is 48.8 Å². The Balaban J connectivity index is 1.68. The van der Waals surface area contributed by atoms with Crippen molar-refractivity contribution in [2.45, 2.75) is 37.6 Å². The number of halogens is 1. The molecule has 3 rings (SSSR count). The van der Waals surface area contributed by atoms with Gasteiger partial charge in [0.25, 0.3) is 0 Å². The summed E-state index contributed by atoms with van der Waals surface area (Å²) in [5, 5.41) is 3.54. The smallest absolute Gasteiger partial charge is 0.126 e. The van der Waals surface area contributed by atoms with Crippen molar-refractivity contribution in [2.24, 2.45) is 5.92 Å². The summed E-state index contributed by atoms with van der Waals surface area (Å²) < 4.78 is 13.7. The van der Waals surface area contributed by atoms with Crippen molar-refractivity contribution in [3.05, 3.63) is 35.6 Å². The van der Waals surface area contributed by atoms with Gasteiger partial charge in [0.15, 0.2) is 0 Å². The molecule has 0 bridgehead atoms. The molecule has 0 radical (unpaired) electrons. The highest BCUT2D eigenvalue weighted by atomic mass is 19.1. The first-order valence-electron chi connectivity index (χ1n) is 6.18. The molecule has 0 saturated heterocycles. The predicted molar refractivity (Wildman–Crippen MR) is 62.9 cm³/mol. The molecule has 1 nitrogen and oxygen atoms in total. The van der Waals surface area contributed by atoms with Crippen LogP contribution in [0.15, 0.2) is 24.3 Å². The van der Waals surface area contributed by atoms with Crippen molar-refractivity contribution in [1.82, 2.24) is 5.32 Å². The second kappa shape index (κ2) is 3.56. The summed E-state index contributed by atoms with van der Waals surface area (Å²) in [7, 11) is 0. The Morgan fingerprint density at radius 3 is 2.81 bits per heavy atom. The van der Waals surface area contributed by atoms with Gasteiger partial charge in [0.05, 0.1) is 0 Å². The minimum atomic E-state index is -0.0427. The van der Waals surface area contributed by atoms with Gasteiger partial charge in [-0.25, -0.2) is 4.39 Å². The van der Waals surface area contributed by atoms with Crippen molar-refractivity contribution < 1.29 is 4.39 Å². The van der Waals surface area contributed by atoms with E-state index in [0.717, 1.165) is 24.6 Å². The fourth-order valence-corrected chi connectivity index (χ4v) is 2.60. The Morgan fingerprint density at radius 2 is 2.12 bits per heavy atom. The van der Waals surface area contributed by atoms with Gasteiger partial charge in [-0.1, -0.05) is 25.1 Å². The van der Waals surface area contributed by atoms with Crippen LogP contribution in [0, 0.1) is 11.7 Å². The van der Waals surface area contributed by atoms with E-state index in [0.29, 0.717) is 5.92 Å². The van der Waals surface area contributed by atoms with E-state index in [4.69, 9.17) is 0 Å². The minimum Gasteiger partial charge on any atom is -0.314 e. The fourth-order valence-electron chi connectivity index (χ4n) is 2.60. The number of nitrogens with one attached hydrogen (secondary N) is 1. The van der Waals surface area contributed by atoms with Gasteiger partial charge in [-0.3, -0.25) is 0 Å². The summed E-state index contributed by atoms with van der Waals surface area (Å²) in [6, 6.07) is 7.97. The zero-order valence-corrected chi connectivity index (χ0v) is 9.67. The minimum absolute atomic E-state index is 0.0427. The van der Waals surface area contributed by atoms with Gasteiger partial charge < -0.3 is 5.32 Å². The van der Waals surface area contributed by atoms with Crippen LogP contribution in [0.3, 0.4) is 0 Å². The molecule has 1 aromatic carbocycles. The number of hydrogen-bond acceptors (Lipinski definition) is 1. The molecule has 2 fully saturated rings. The van der Waals surface area contributed by atoms with E-state index in [-0.39, 0.29) is 11.2 Å². The number of benzene rings is 1. The summed E-state index contributed by atoms with van der Waals surface area (Å²) in [6.45, 7) is 3.24. The molecular formula is C14H18FN. The van der Waals surface area contributed by atoms with Gasteiger partial charge in [0.1, 0.15) is 5.82 Å². The SMILES string of the molecule is CC1(c2ccccc2F)CC1CNC1CC1. The molecule has 1 aromatic rings. The third kappa shape index (κ3) is 1.75. The molecule has 0 amide bonds. The standard InChI is InChI=1S/C14H18FN/c1-14(12-4-2-3-5-13(12)15)8-10(14)9-16-11-6-7-11/h2-5,10-11,16H,6-9H2,1H3. The second-order valence-corrected chi connectivity index (χ2v) is 5.48. The average molecular weight is 219 g/mol. The molecule has 0 aliphatic heterocycles. The zero-order chi connectivity index (χ0) is 11.2.